The van der Waals surface area contributed by atoms with E-state index in [9.17, 15) is 22.8 Å². The number of rotatable bonds is 4. The minimum atomic E-state index is -1.68. The Kier molecular flexibility index (Phi) is 5.42. The van der Waals surface area contributed by atoms with Gasteiger partial charge in [0.2, 0.25) is 0 Å². The maximum absolute atomic E-state index is 14.7. The minimum absolute atomic E-state index is 0.130. The Hall–Kier alpha value is -3.73. The van der Waals surface area contributed by atoms with Gasteiger partial charge in [0.05, 0.1) is 41.7 Å². The lowest BCUT2D eigenvalue weighted by molar-refractivity contribution is 0.103. The summed E-state index contributed by atoms with van der Waals surface area (Å²) < 4.78 is 48.2. The molecule has 0 saturated carbocycles. The van der Waals surface area contributed by atoms with Crippen molar-refractivity contribution in [3.05, 3.63) is 59.0 Å². The fourth-order valence-corrected chi connectivity index (χ4v) is 3.26. The van der Waals surface area contributed by atoms with Crippen LogP contribution in [0.1, 0.15) is 15.9 Å². The molecule has 2 heterocycles. The Morgan fingerprint density at radius 3 is 2.52 bits per heavy atom. The first-order valence-electron chi connectivity index (χ1n) is 9.23. The van der Waals surface area contributed by atoms with Crippen molar-refractivity contribution in [2.45, 2.75) is 0 Å². The van der Waals surface area contributed by atoms with Crippen molar-refractivity contribution in [1.82, 2.24) is 9.97 Å². The number of anilines is 2. The zero-order chi connectivity index (χ0) is 22.1. The number of benzene rings is 2. The van der Waals surface area contributed by atoms with E-state index >= 15 is 0 Å². The molecule has 3 N–H and O–H groups in total. The van der Waals surface area contributed by atoms with Crippen LogP contribution in [0.25, 0.3) is 11.0 Å². The van der Waals surface area contributed by atoms with Gasteiger partial charge in [-0.15, -0.1) is 0 Å². The standard InChI is InChI=1S/C20H16F3N5O3/c21-11-8-14(27-20(24)30)18(23)16(17(11)22)19(29)10-1-2-12-13(7-10)26-15(9-25-12)28-3-5-31-6-4-28/h1-2,7-9H,3-6H2,(H3,24,27,30). The van der Waals surface area contributed by atoms with Gasteiger partial charge >= 0.3 is 6.03 Å². The number of ether oxygens (including phenoxy) is 1. The van der Waals surface area contributed by atoms with E-state index in [0.717, 1.165) is 0 Å². The van der Waals surface area contributed by atoms with Crippen LogP contribution in [0, 0.1) is 17.5 Å². The summed E-state index contributed by atoms with van der Waals surface area (Å²) in [5, 5.41) is 1.83. The van der Waals surface area contributed by atoms with Crippen molar-refractivity contribution < 1.29 is 27.5 Å². The number of hydrogen-bond acceptors (Lipinski definition) is 6. The lowest BCUT2D eigenvalue weighted by Crippen LogP contribution is -2.36. The number of amides is 2. The van der Waals surface area contributed by atoms with Gasteiger partial charge in [0.1, 0.15) is 5.82 Å². The number of hydrogen-bond donors (Lipinski definition) is 2. The van der Waals surface area contributed by atoms with Crippen molar-refractivity contribution in [1.29, 1.82) is 0 Å². The molecule has 2 aromatic carbocycles. The van der Waals surface area contributed by atoms with Crippen molar-refractivity contribution in [3.8, 4) is 0 Å². The van der Waals surface area contributed by atoms with Gasteiger partial charge in [0, 0.05) is 24.7 Å². The van der Waals surface area contributed by atoms with E-state index in [-0.39, 0.29) is 5.56 Å². The normalized spacial score (nSPS) is 14.0. The van der Waals surface area contributed by atoms with Gasteiger partial charge < -0.3 is 20.7 Å². The molecule has 1 aromatic heterocycles. The van der Waals surface area contributed by atoms with Crippen LogP contribution < -0.4 is 16.0 Å². The summed E-state index contributed by atoms with van der Waals surface area (Å²) in [6.07, 6.45) is 1.59. The Morgan fingerprint density at radius 1 is 1.06 bits per heavy atom. The van der Waals surface area contributed by atoms with E-state index in [1.165, 1.54) is 18.2 Å². The summed E-state index contributed by atoms with van der Waals surface area (Å²) in [5.74, 6) is -5.18. The first kappa shape index (κ1) is 20.5. The molecule has 4 rings (SSSR count). The largest absolute Gasteiger partial charge is 0.378 e. The molecule has 0 spiro atoms. The fourth-order valence-electron chi connectivity index (χ4n) is 3.26. The van der Waals surface area contributed by atoms with Crippen molar-refractivity contribution in [2.75, 3.05) is 36.5 Å². The maximum atomic E-state index is 14.7. The Bertz CT molecular complexity index is 1200. The maximum Gasteiger partial charge on any atom is 0.316 e. The SMILES string of the molecule is NC(=O)Nc1cc(F)c(F)c(C(=O)c2ccc3ncc(N4CCOCC4)nc3c2)c1F. The molecular weight excluding hydrogens is 415 g/mol. The Balaban J connectivity index is 1.75. The van der Waals surface area contributed by atoms with Crippen molar-refractivity contribution in [2.24, 2.45) is 5.73 Å². The van der Waals surface area contributed by atoms with E-state index < -0.39 is 40.5 Å². The Labute approximate surface area is 173 Å². The summed E-state index contributed by atoms with van der Waals surface area (Å²) in [5.41, 5.74) is 3.67. The fraction of sp³-hybridized carbons (Fsp3) is 0.200. The average molecular weight is 431 g/mol. The number of nitrogens with one attached hydrogen (secondary N) is 1. The highest BCUT2D eigenvalue weighted by Crippen LogP contribution is 2.27. The molecule has 0 unspecified atom stereocenters. The molecule has 31 heavy (non-hydrogen) atoms. The van der Waals surface area contributed by atoms with E-state index in [0.29, 0.717) is 49.2 Å². The molecule has 0 atom stereocenters. The van der Waals surface area contributed by atoms with Crippen LogP contribution in [-0.2, 0) is 4.74 Å². The smallest absolute Gasteiger partial charge is 0.316 e. The van der Waals surface area contributed by atoms with Crippen LogP contribution >= 0.6 is 0 Å². The molecule has 1 fully saturated rings. The molecule has 8 nitrogen and oxygen atoms in total. The number of nitrogens with zero attached hydrogens (tertiary/aromatic N) is 3. The minimum Gasteiger partial charge on any atom is -0.378 e. The third-order valence-electron chi connectivity index (χ3n) is 4.77. The lowest BCUT2D eigenvalue weighted by Gasteiger charge is -2.27. The molecule has 0 bridgehead atoms. The van der Waals surface area contributed by atoms with Gasteiger partial charge in [-0.1, -0.05) is 0 Å². The summed E-state index contributed by atoms with van der Waals surface area (Å²) in [6, 6.07) is 3.31. The van der Waals surface area contributed by atoms with Gasteiger partial charge in [0.25, 0.3) is 0 Å². The molecule has 160 valence electrons. The molecule has 1 aliphatic heterocycles. The van der Waals surface area contributed by atoms with Gasteiger partial charge in [-0.05, 0) is 18.2 Å². The third kappa shape index (κ3) is 3.99. The summed E-state index contributed by atoms with van der Waals surface area (Å²) in [6.45, 7) is 2.32. The average Bonchev–Trinajstić information content (AvgIpc) is 2.77. The van der Waals surface area contributed by atoms with E-state index in [2.05, 4.69) is 9.97 Å². The monoisotopic (exact) mass is 431 g/mol. The summed E-state index contributed by atoms with van der Waals surface area (Å²) >= 11 is 0. The quantitative estimate of drug-likeness (QED) is 0.485. The van der Waals surface area contributed by atoms with Crippen LogP contribution in [-0.4, -0.2) is 48.1 Å². The number of morpholine rings is 1. The van der Waals surface area contributed by atoms with Crippen LogP contribution in [0.15, 0.2) is 30.5 Å². The van der Waals surface area contributed by atoms with Crippen LogP contribution in [0.2, 0.25) is 0 Å². The second kappa shape index (κ2) is 8.19. The Morgan fingerprint density at radius 2 is 1.81 bits per heavy atom. The predicted molar refractivity (Wildman–Crippen MR) is 106 cm³/mol. The van der Waals surface area contributed by atoms with Crippen LogP contribution in [0.3, 0.4) is 0 Å². The van der Waals surface area contributed by atoms with E-state index in [4.69, 9.17) is 10.5 Å². The predicted octanol–water partition coefficient (Wildman–Crippen LogP) is 2.61. The topological polar surface area (TPSA) is 110 Å². The number of urea groups is 1. The molecule has 1 saturated heterocycles. The second-order valence-corrected chi connectivity index (χ2v) is 6.76. The molecule has 0 aliphatic carbocycles. The molecule has 0 radical (unpaired) electrons. The highest BCUT2D eigenvalue weighted by Gasteiger charge is 2.26. The number of aromatic nitrogens is 2. The number of carbonyl (C=O) groups is 2. The zero-order valence-corrected chi connectivity index (χ0v) is 16.0. The number of halogens is 3. The van der Waals surface area contributed by atoms with Gasteiger partial charge in [-0.2, -0.15) is 0 Å². The van der Waals surface area contributed by atoms with Crippen LogP contribution in [0.4, 0.5) is 29.5 Å². The highest BCUT2D eigenvalue weighted by atomic mass is 19.2. The van der Waals surface area contributed by atoms with Gasteiger partial charge in [0.15, 0.2) is 23.2 Å². The first-order chi connectivity index (χ1) is 14.8. The number of nitrogens with two attached hydrogens (primary N) is 1. The molecular formula is C20H16F3N5O3. The molecule has 11 heteroatoms. The molecule has 3 aromatic rings. The van der Waals surface area contributed by atoms with Crippen LogP contribution in [0.5, 0.6) is 0 Å². The lowest BCUT2D eigenvalue weighted by atomic mass is 10.0. The molecule has 2 amide bonds. The molecule has 1 aliphatic rings. The van der Waals surface area contributed by atoms with Crippen molar-refractivity contribution in [3.63, 3.8) is 0 Å². The van der Waals surface area contributed by atoms with E-state index in [1.807, 2.05) is 10.2 Å². The highest BCUT2D eigenvalue weighted by molar-refractivity contribution is 6.11. The van der Waals surface area contributed by atoms with Crippen molar-refractivity contribution >= 4 is 34.4 Å². The number of carbonyl (C=O) groups excluding carboxylic acids is 2. The summed E-state index contributed by atoms with van der Waals surface area (Å²) in [7, 11) is 0. The number of primary amides is 1. The first-order valence-corrected chi connectivity index (χ1v) is 9.23. The number of ketones is 1. The second-order valence-electron chi connectivity index (χ2n) is 6.76. The van der Waals surface area contributed by atoms with Gasteiger partial charge in [-0.3, -0.25) is 9.78 Å². The van der Waals surface area contributed by atoms with E-state index in [1.54, 1.807) is 6.20 Å². The zero-order valence-electron chi connectivity index (χ0n) is 16.0. The summed E-state index contributed by atoms with van der Waals surface area (Å²) in [4.78, 5) is 34.6. The third-order valence-corrected chi connectivity index (χ3v) is 4.77. The number of fused-ring (bicyclic) bond motifs is 1. The van der Waals surface area contributed by atoms with Gasteiger partial charge in [-0.25, -0.2) is 22.9 Å².